The number of nitrogens with one attached hydrogen (secondary N) is 1. The predicted molar refractivity (Wildman–Crippen MR) is 235 cm³/mol. The van der Waals surface area contributed by atoms with Crippen LogP contribution in [0.3, 0.4) is 0 Å². The van der Waals surface area contributed by atoms with Gasteiger partial charge in [-0.05, 0) is 111 Å². The number of aryl methyl sites for hydroxylation is 2. The number of aromatic nitrogens is 6. The van der Waals surface area contributed by atoms with E-state index >= 15 is 0 Å². The zero-order valence-electron chi connectivity index (χ0n) is 31.8. The van der Waals surface area contributed by atoms with Gasteiger partial charge < -0.3 is 10.2 Å². The Morgan fingerprint density at radius 2 is 1.22 bits per heavy atom. The summed E-state index contributed by atoms with van der Waals surface area (Å²) < 4.78 is 32.5. The molecule has 59 heavy (non-hydrogen) atoms. The number of thiazole rings is 2. The van der Waals surface area contributed by atoms with Crippen molar-refractivity contribution in [2.45, 2.75) is 51.4 Å². The Labute approximate surface area is 362 Å². The molecule has 294 valence electrons. The van der Waals surface area contributed by atoms with Crippen molar-refractivity contribution < 1.29 is 8.78 Å². The van der Waals surface area contributed by atoms with Crippen LogP contribution in [0.5, 0.6) is 0 Å². The summed E-state index contributed by atoms with van der Waals surface area (Å²) in [6.45, 7) is 4.07. The Morgan fingerprint density at radius 3 is 1.78 bits per heavy atom. The van der Waals surface area contributed by atoms with Gasteiger partial charge in [0, 0.05) is 51.3 Å². The van der Waals surface area contributed by atoms with Gasteiger partial charge in [0.05, 0.1) is 33.8 Å². The number of fused-ring (bicyclic) bond motifs is 2. The Bertz CT molecular complexity index is 3000. The first-order valence-corrected chi connectivity index (χ1v) is 21.9. The summed E-state index contributed by atoms with van der Waals surface area (Å²) in [7, 11) is 1.96. The van der Waals surface area contributed by atoms with E-state index in [9.17, 15) is 19.3 Å². The highest BCUT2D eigenvalue weighted by Crippen LogP contribution is 2.48. The third-order valence-corrected chi connectivity index (χ3v) is 13.9. The van der Waals surface area contributed by atoms with Crippen molar-refractivity contribution in [2.24, 2.45) is 0 Å². The maximum atomic E-state index is 13.3. The van der Waals surface area contributed by atoms with Gasteiger partial charge in [-0.1, -0.05) is 54.5 Å². The Kier molecular flexibility index (Phi) is 10.3. The van der Waals surface area contributed by atoms with E-state index in [-0.39, 0.29) is 11.6 Å². The van der Waals surface area contributed by atoms with Crippen molar-refractivity contribution in [3.8, 4) is 34.7 Å². The molecule has 0 radical (unpaired) electrons. The summed E-state index contributed by atoms with van der Waals surface area (Å²) in [6.07, 6.45) is 8.54. The highest BCUT2D eigenvalue weighted by molar-refractivity contribution is 9.10. The van der Waals surface area contributed by atoms with E-state index < -0.39 is 0 Å². The van der Waals surface area contributed by atoms with Crippen LogP contribution < -0.4 is 10.2 Å². The molecule has 2 aromatic carbocycles. The minimum absolute atomic E-state index is 0.314. The molecule has 0 saturated heterocycles. The van der Waals surface area contributed by atoms with E-state index in [1.807, 2.05) is 47.2 Å². The van der Waals surface area contributed by atoms with Crippen molar-refractivity contribution in [3.63, 3.8) is 0 Å². The van der Waals surface area contributed by atoms with Gasteiger partial charge in [0.25, 0.3) is 0 Å². The van der Waals surface area contributed by atoms with E-state index in [2.05, 4.69) is 66.4 Å². The van der Waals surface area contributed by atoms with Crippen molar-refractivity contribution in [2.75, 3.05) is 17.3 Å². The standard InChI is InChI=1S/C22H17BrFN5S.C21H15BrFN5S/c1-12-11-29-17(9-16(12)23)21(20(27-29)14-3-4-14)28(2)22-26-19(18(10-25)30-22)13-5-7-15(24)8-6-13;1-11-10-28-16(8-15(11)22)20(19(27-28)13-2-3-13)26-21-25-18(17(9-24)29-21)12-4-6-14(23)7-5-12/h5-9,11,14H,3-4H2,1-2H3;4-8,10,13H,2-3H2,1H3,(H,25,26). The maximum absolute atomic E-state index is 13.3. The van der Waals surface area contributed by atoms with Gasteiger partial charge in [-0.3, -0.25) is 0 Å². The molecular weight excluding hydrogens is 918 g/mol. The van der Waals surface area contributed by atoms with Gasteiger partial charge in [0.1, 0.15) is 44.9 Å². The molecular formula is C43H32Br2F2N10S2. The average molecular weight is 951 g/mol. The Hall–Kier alpha value is -5.52. The third-order valence-electron chi connectivity index (χ3n) is 10.3. The monoisotopic (exact) mass is 948 g/mol. The van der Waals surface area contributed by atoms with Crippen LogP contribution in [0.15, 0.2) is 82.0 Å². The van der Waals surface area contributed by atoms with E-state index in [1.54, 1.807) is 24.3 Å². The minimum Gasteiger partial charge on any atom is -0.328 e. The zero-order valence-corrected chi connectivity index (χ0v) is 36.6. The number of anilines is 4. The molecule has 8 aromatic rings. The second-order valence-corrected chi connectivity index (χ2v) is 18.3. The Balaban J connectivity index is 0.000000152. The van der Waals surface area contributed by atoms with Crippen molar-refractivity contribution in [1.29, 1.82) is 10.5 Å². The topological polar surface area (TPSA) is 123 Å². The van der Waals surface area contributed by atoms with E-state index in [0.29, 0.717) is 48.8 Å². The molecule has 16 heteroatoms. The number of benzene rings is 2. The number of pyridine rings is 2. The fourth-order valence-electron chi connectivity index (χ4n) is 6.88. The van der Waals surface area contributed by atoms with Gasteiger partial charge in [-0.15, -0.1) is 0 Å². The fraction of sp³-hybridized carbons (Fsp3) is 0.209. The molecule has 2 saturated carbocycles. The molecule has 6 heterocycles. The molecule has 6 aromatic heterocycles. The average Bonchev–Trinajstić information content (AvgIpc) is 4.11. The molecule has 0 amide bonds. The molecule has 0 spiro atoms. The quantitative estimate of drug-likeness (QED) is 0.160. The minimum atomic E-state index is -0.317. The molecule has 0 aliphatic heterocycles. The first-order valence-electron chi connectivity index (χ1n) is 18.7. The number of nitriles is 2. The van der Waals surface area contributed by atoms with Gasteiger partial charge >= 0.3 is 0 Å². The molecule has 2 aliphatic rings. The van der Waals surface area contributed by atoms with Gasteiger partial charge in [0.15, 0.2) is 10.3 Å². The van der Waals surface area contributed by atoms with Crippen molar-refractivity contribution in [1.82, 2.24) is 29.2 Å². The van der Waals surface area contributed by atoms with Crippen LogP contribution in [0.2, 0.25) is 0 Å². The number of nitrogens with zero attached hydrogens (tertiary/aromatic N) is 9. The fourth-order valence-corrected chi connectivity index (χ4v) is 9.16. The molecule has 0 atom stereocenters. The first kappa shape index (κ1) is 39.0. The van der Waals surface area contributed by atoms with Crippen molar-refractivity contribution in [3.05, 3.63) is 126 Å². The van der Waals surface area contributed by atoms with Crippen molar-refractivity contribution >= 4 is 87.2 Å². The number of rotatable bonds is 8. The molecule has 10 rings (SSSR count). The van der Waals surface area contributed by atoms with Crippen LogP contribution in [-0.2, 0) is 0 Å². The number of hydrogen-bond donors (Lipinski definition) is 1. The van der Waals surface area contributed by atoms with Crippen LogP contribution in [0.4, 0.5) is 30.4 Å². The van der Waals surface area contributed by atoms with Crippen LogP contribution >= 0.6 is 54.5 Å². The SMILES string of the molecule is Cc1cn2nc(C3CC3)c(N(C)c3nc(-c4ccc(F)cc4)c(C#N)s3)c2cc1Br.Cc1cn2nc(C3CC3)c(Nc3nc(-c4ccc(F)cc4)c(C#N)s3)c2cc1Br. The second kappa shape index (κ2) is 15.6. The number of halogens is 4. The van der Waals surface area contributed by atoms with Crippen LogP contribution in [0.1, 0.15) is 69.8 Å². The summed E-state index contributed by atoms with van der Waals surface area (Å²) in [5.74, 6) is 0.269. The highest BCUT2D eigenvalue weighted by Gasteiger charge is 2.34. The van der Waals surface area contributed by atoms with Crippen LogP contribution in [-0.4, -0.2) is 36.2 Å². The summed E-state index contributed by atoms with van der Waals surface area (Å²) in [4.78, 5) is 12.4. The van der Waals surface area contributed by atoms with Gasteiger partial charge in [-0.25, -0.2) is 27.8 Å². The van der Waals surface area contributed by atoms with Gasteiger partial charge in [0.2, 0.25) is 0 Å². The maximum Gasteiger partial charge on any atom is 0.191 e. The molecule has 1 N–H and O–H groups in total. The molecule has 0 unspecified atom stereocenters. The number of hydrogen-bond acceptors (Lipinski definition) is 10. The Morgan fingerprint density at radius 1 is 0.729 bits per heavy atom. The lowest BCUT2D eigenvalue weighted by Gasteiger charge is -2.16. The zero-order chi connectivity index (χ0) is 41.1. The second-order valence-electron chi connectivity index (χ2n) is 14.6. The van der Waals surface area contributed by atoms with E-state index in [0.717, 1.165) is 85.1 Å². The molecule has 0 bridgehead atoms. The lowest BCUT2D eigenvalue weighted by molar-refractivity contribution is 0.627. The van der Waals surface area contributed by atoms with E-state index in [1.165, 1.54) is 46.9 Å². The smallest absolute Gasteiger partial charge is 0.191 e. The normalized spacial score (nSPS) is 13.6. The predicted octanol–water partition coefficient (Wildman–Crippen LogP) is 12.3. The molecule has 2 fully saturated rings. The third kappa shape index (κ3) is 7.62. The lowest BCUT2D eigenvalue weighted by atomic mass is 10.1. The molecule has 2 aliphatic carbocycles. The summed E-state index contributed by atoms with van der Waals surface area (Å²) in [5.41, 5.74) is 10.8. The summed E-state index contributed by atoms with van der Waals surface area (Å²) in [6, 6.07) is 20.7. The molecule has 10 nitrogen and oxygen atoms in total. The summed E-state index contributed by atoms with van der Waals surface area (Å²) >= 11 is 9.86. The van der Waals surface area contributed by atoms with Crippen LogP contribution in [0.25, 0.3) is 33.5 Å². The highest BCUT2D eigenvalue weighted by atomic mass is 79.9. The summed E-state index contributed by atoms with van der Waals surface area (Å²) in [5, 5.41) is 33.6. The first-order chi connectivity index (χ1) is 28.5. The van der Waals surface area contributed by atoms with Crippen LogP contribution in [0, 0.1) is 48.1 Å². The largest absolute Gasteiger partial charge is 0.328 e. The van der Waals surface area contributed by atoms with Gasteiger partial charge in [-0.2, -0.15) is 20.7 Å². The lowest BCUT2D eigenvalue weighted by Crippen LogP contribution is -2.10. The van der Waals surface area contributed by atoms with E-state index in [4.69, 9.17) is 15.2 Å².